The van der Waals surface area contributed by atoms with E-state index in [0.717, 1.165) is 0 Å². The van der Waals surface area contributed by atoms with Crippen molar-refractivity contribution in [2.24, 2.45) is 0 Å². The highest BCUT2D eigenvalue weighted by Gasteiger charge is 1.25. The van der Waals surface area contributed by atoms with Crippen molar-refractivity contribution in [1.29, 1.82) is 4.89 Å². The Balaban J connectivity index is 0. The van der Waals surface area contributed by atoms with Crippen LogP contribution in [0.3, 0.4) is 0 Å². The van der Waals surface area contributed by atoms with Gasteiger partial charge in [0.1, 0.15) is 0 Å². The predicted molar refractivity (Wildman–Crippen MR) is 16.1 cm³/mol. The van der Waals surface area contributed by atoms with E-state index in [-0.39, 0.29) is 0 Å². The summed E-state index contributed by atoms with van der Waals surface area (Å²) < 4.78 is 8.06. The average molecular weight is 103 g/mol. The van der Waals surface area contributed by atoms with Crippen LogP contribution < -0.4 is 0 Å². The fourth-order valence-electron chi connectivity index (χ4n) is 0. The quantitative estimate of drug-likeness (QED) is 0.383. The monoisotopic (exact) mass is 103 g/mol. The molecule has 0 rings (SSSR count). The van der Waals surface area contributed by atoms with Crippen LogP contribution in [0.15, 0.2) is 0 Å². The first-order valence-corrected chi connectivity index (χ1v) is 1.95. The normalized spacial score (nSPS) is 2.20. The van der Waals surface area contributed by atoms with E-state index < -0.39 is 9.40 Å². The molecule has 2 radical (unpaired) electrons. The van der Waals surface area contributed by atoms with E-state index in [4.69, 9.17) is 14.1 Å². The van der Waals surface area contributed by atoms with Crippen LogP contribution in [0.4, 0.5) is 0 Å². The van der Waals surface area contributed by atoms with Gasteiger partial charge in [0.05, 0.1) is 0 Å². The van der Waals surface area contributed by atoms with E-state index >= 15 is 0 Å². The Hall–Kier alpha value is -0.256. The SMILES string of the molecule is N#[Si]O.O=[Si]. The third-order valence-corrected chi connectivity index (χ3v) is 0. The van der Waals surface area contributed by atoms with E-state index in [1.165, 1.54) is 0 Å². The molecule has 0 aliphatic rings. The first-order valence-electron chi connectivity index (χ1n) is 0.651. The van der Waals surface area contributed by atoms with E-state index in [0.29, 0.717) is 0 Å². The van der Waals surface area contributed by atoms with Crippen LogP contribution >= 0.6 is 0 Å². The summed E-state index contributed by atoms with van der Waals surface area (Å²) in [6.07, 6.45) is 0. The van der Waals surface area contributed by atoms with Gasteiger partial charge in [0.2, 0.25) is 0 Å². The Bertz CT molecular complexity index is 37.4. The van der Waals surface area contributed by atoms with Crippen molar-refractivity contribution < 1.29 is 9.26 Å². The fraction of sp³-hybridized carbons (Fsp3) is 0. The molecule has 0 amide bonds. The van der Waals surface area contributed by atoms with Gasteiger partial charge in [-0.05, 0) is 0 Å². The molecule has 0 aliphatic heterocycles. The van der Waals surface area contributed by atoms with E-state index in [2.05, 4.69) is 0 Å². The number of hydrogen-bond donors (Lipinski definition) is 1. The minimum atomic E-state index is -0.917. The van der Waals surface area contributed by atoms with E-state index in [1.807, 2.05) is 0 Å². The molecule has 0 atom stereocenters. The zero-order valence-corrected chi connectivity index (χ0v) is 4.30. The Labute approximate surface area is 34.6 Å². The van der Waals surface area contributed by atoms with Crippen molar-refractivity contribution in [3.8, 4) is 0 Å². The highest BCUT2D eigenvalue weighted by molar-refractivity contribution is 6.02. The zero-order chi connectivity index (χ0) is 4.71. The molecule has 0 spiro atoms. The Kier molecular flexibility index (Phi) is 90.0. The summed E-state index contributed by atoms with van der Waals surface area (Å²) >= 11 is 0. The lowest BCUT2D eigenvalue weighted by molar-refractivity contribution is 0.590. The topological polar surface area (TPSA) is 61.1 Å². The van der Waals surface area contributed by atoms with Crippen molar-refractivity contribution >= 4 is 19.5 Å². The summed E-state index contributed by atoms with van der Waals surface area (Å²) in [6.45, 7) is 0. The molecule has 0 fully saturated rings. The minimum Gasteiger partial charge on any atom is -0.503 e. The highest BCUT2D eigenvalue weighted by Crippen LogP contribution is 0.871. The maximum Gasteiger partial charge on any atom is 0.451 e. The van der Waals surface area contributed by atoms with Crippen LogP contribution in [0.1, 0.15) is 0 Å². The molecular formula is HNO2Si2. The van der Waals surface area contributed by atoms with Crippen molar-refractivity contribution in [2.45, 2.75) is 0 Å². The lowest BCUT2D eigenvalue weighted by atomic mass is 14.0. The van der Waals surface area contributed by atoms with Crippen LogP contribution in [0, 0.1) is 4.89 Å². The van der Waals surface area contributed by atoms with Gasteiger partial charge < -0.3 is 9.26 Å². The van der Waals surface area contributed by atoms with Gasteiger partial charge in [-0.1, -0.05) is 0 Å². The molecule has 0 aromatic carbocycles. The van der Waals surface area contributed by atoms with Gasteiger partial charge in [-0.15, -0.1) is 0 Å². The summed E-state index contributed by atoms with van der Waals surface area (Å²) in [5.74, 6) is 0. The third-order valence-electron chi connectivity index (χ3n) is 0. The molecule has 0 unspecified atom stereocenters. The van der Waals surface area contributed by atoms with Crippen molar-refractivity contribution in [3.05, 3.63) is 0 Å². The van der Waals surface area contributed by atoms with Crippen LogP contribution in [-0.4, -0.2) is 24.3 Å². The summed E-state index contributed by atoms with van der Waals surface area (Å²) in [5, 5.41) is 0. The number of hydrogen-bond acceptors (Lipinski definition) is 3. The third kappa shape index (κ3) is 173. The largest absolute Gasteiger partial charge is 0.503 e. The predicted octanol–water partition coefficient (Wildman–Crippen LogP) is -1.42. The molecular weight excluding hydrogens is 102 g/mol. The Morgan fingerprint density at radius 1 is 1.80 bits per heavy atom. The molecule has 3 nitrogen and oxygen atoms in total. The van der Waals surface area contributed by atoms with E-state index in [9.17, 15) is 0 Å². The summed E-state index contributed by atoms with van der Waals surface area (Å²) in [5.41, 5.74) is 0. The molecule has 0 saturated carbocycles. The number of rotatable bonds is 0. The molecule has 5 heavy (non-hydrogen) atoms. The molecule has 26 valence electrons. The lowest BCUT2D eigenvalue weighted by Gasteiger charge is -1.24. The maximum absolute atomic E-state index is 8.06. The zero-order valence-electron chi connectivity index (χ0n) is 2.30. The van der Waals surface area contributed by atoms with Crippen LogP contribution in [0.5, 0.6) is 0 Å². The second-order valence-corrected chi connectivity index (χ2v) is 0.300. The van der Waals surface area contributed by atoms with Gasteiger partial charge >= 0.3 is 19.5 Å². The highest BCUT2D eigenvalue weighted by atomic mass is 28.2. The summed E-state index contributed by atoms with van der Waals surface area (Å²) in [4.78, 5) is 14.3. The van der Waals surface area contributed by atoms with Crippen molar-refractivity contribution in [3.63, 3.8) is 0 Å². The Morgan fingerprint density at radius 3 is 1.80 bits per heavy atom. The first kappa shape index (κ1) is 8.83. The second kappa shape index (κ2) is 50.9. The molecule has 0 heterocycles. The standard InChI is InChI=1S/HNOSi.OSi/c1-3-2;1-2/h2H;. The molecule has 1 N–H and O–H groups in total. The van der Waals surface area contributed by atoms with Gasteiger partial charge in [-0.2, -0.15) is 0 Å². The smallest absolute Gasteiger partial charge is 0.451 e. The van der Waals surface area contributed by atoms with Crippen LogP contribution in [-0.2, 0) is 4.46 Å². The van der Waals surface area contributed by atoms with Crippen molar-refractivity contribution in [2.75, 3.05) is 0 Å². The Morgan fingerprint density at radius 2 is 1.80 bits per heavy atom. The summed E-state index contributed by atoms with van der Waals surface area (Å²) in [7, 11) is 0.806. The van der Waals surface area contributed by atoms with Crippen LogP contribution in [0.25, 0.3) is 0 Å². The minimum absolute atomic E-state index is 0.917. The molecule has 5 heteroatoms. The van der Waals surface area contributed by atoms with Gasteiger partial charge in [-0.3, -0.25) is 0 Å². The molecule has 0 bridgehead atoms. The molecule has 0 aromatic heterocycles. The van der Waals surface area contributed by atoms with Gasteiger partial charge in [0.25, 0.3) is 0 Å². The second-order valence-electron chi connectivity index (χ2n) is 0.100. The maximum atomic E-state index is 8.06. The molecule has 0 saturated heterocycles. The van der Waals surface area contributed by atoms with Gasteiger partial charge in [0.15, 0.2) is 0 Å². The molecule has 0 aromatic rings. The van der Waals surface area contributed by atoms with Crippen LogP contribution in [0.2, 0.25) is 0 Å². The first-order chi connectivity index (χ1) is 2.41. The number of nitrogens with zero attached hydrogens (tertiary/aromatic N) is 1. The van der Waals surface area contributed by atoms with Gasteiger partial charge in [0, 0.05) is 0 Å². The summed E-state index contributed by atoms with van der Waals surface area (Å²) in [6, 6.07) is 0. The van der Waals surface area contributed by atoms with Gasteiger partial charge in [-0.25, -0.2) is 4.89 Å². The molecule has 0 aliphatic carbocycles. The fourth-order valence-corrected chi connectivity index (χ4v) is 0. The average Bonchev–Trinajstić information content (AvgIpc) is 1.46. The van der Waals surface area contributed by atoms with Crippen molar-refractivity contribution in [1.82, 2.24) is 0 Å². The van der Waals surface area contributed by atoms with E-state index in [1.54, 1.807) is 10.1 Å². The lowest BCUT2D eigenvalue weighted by Crippen LogP contribution is -1.46.